The number of piperidine rings is 1. The van der Waals surface area contributed by atoms with Crippen LogP contribution in [0.2, 0.25) is 0 Å². The summed E-state index contributed by atoms with van der Waals surface area (Å²) in [4.78, 5) is 4.00. The first kappa shape index (κ1) is 14.0. The Labute approximate surface area is 116 Å². The lowest BCUT2D eigenvalue weighted by Crippen LogP contribution is -2.29. The Morgan fingerprint density at radius 3 is 2.78 bits per heavy atom. The van der Waals surface area contributed by atoms with Gasteiger partial charge in [0.05, 0.1) is 0 Å². The van der Waals surface area contributed by atoms with Gasteiger partial charge in [-0.2, -0.15) is 0 Å². The molecule has 0 saturated carbocycles. The van der Waals surface area contributed by atoms with E-state index in [9.17, 15) is 0 Å². The lowest BCUT2D eigenvalue weighted by molar-refractivity contribution is 0.221. The molecule has 0 atom stereocenters. The van der Waals surface area contributed by atoms with E-state index in [1.807, 2.05) is 11.8 Å². The number of unbranched alkanes of at least 4 members (excludes halogenated alkanes) is 1. The van der Waals surface area contributed by atoms with E-state index in [0.29, 0.717) is 0 Å². The van der Waals surface area contributed by atoms with Crippen molar-refractivity contribution in [1.29, 1.82) is 0 Å². The van der Waals surface area contributed by atoms with Crippen LogP contribution < -0.4 is 0 Å². The molecule has 1 aromatic rings. The van der Waals surface area contributed by atoms with Gasteiger partial charge in [0.2, 0.25) is 0 Å². The van der Waals surface area contributed by atoms with Crippen molar-refractivity contribution in [2.24, 2.45) is 0 Å². The monoisotopic (exact) mass is 262 g/mol. The molecular formula is C16H24NS. The van der Waals surface area contributed by atoms with Crippen LogP contribution in [0.15, 0.2) is 29.2 Å². The molecule has 1 aliphatic rings. The van der Waals surface area contributed by atoms with Crippen molar-refractivity contribution in [3.8, 4) is 0 Å². The predicted octanol–water partition coefficient (Wildman–Crippen LogP) is 4.38. The van der Waals surface area contributed by atoms with Crippen molar-refractivity contribution in [2.75, 3.05) is 18.8 Å². The smallest absolute Gasteiger partial charge is 0.0234 e. The number of rotatable bonds is 6. The summed E-state index contributed by atoms with van der Waals surface area (Å²) in [5.41, 5.74) is 1.47. The van der Waals surface area contributed by atoms with E-state index in [-0.39, 0.29) is 0 Å². The molecule has 1 saturated heterocycles. The van der Waals surface area contributed by atoms with E-state index in [1.165, 1.54) is 55.0 Å². The summed E-state index contributed by atoms with van der Waals surface area (Å²) in [6.45, 7) is 7.57. The number of hydrogen-bond donors (Lipinski definition) is 0. The van der Waals surface area contributed by atoms with Crippen LogP contribution in [0.3, 0.4) is 0 Å². The molecule has 1 fully saturated rings. The van der Waals surface area contributed by atoms with E-state index < -0.39 is 0 Å². The quantitative estimate of drug-likeness (QED) is 0.553. The fourth-order valence-electron chi connectivity index (χ4n) is 2.40. The van der Waals surface area contributed by atoms with Gasteiger partial charge in [-0.3, -0.25) is 4.90 Å². The molecule has 1 aliphatic heterocycles. The SMILES string of the molecule is [CH2]CCCSc1cccc(CN2CCCCC2)c1. The minimum absolute atomic E-state index is 1.04. The van der Waals surface area contributed by atoms with Crippen molar-refractivity contribution in [1.82, 2.24) is 4.90 Å². The van der Waals surface area contributed by atoms with Gasteiger partial charge in [0, 0.05) is 11.4 Å². The van der Waals surface area contributed by atoms with Crippen LogP contribution in [0.1, 0.15) is 37.7 Å². The van der Waals surface area contributed by atoms with Gasteiger partial charge in [0.25, 0.3) is 0 Å². The Hall–Kier alpha value is -0.470. The molecule has 1 radical (unpaired) electrons. The van der Waals surface area contributed by atoms with Gasteiger partial charge in [0.1, 0.15) is 0 Å². The number of likely N-dealkylation sites (tertiary alicyclic amines) is 1. The first-order valence-electron chi connectivity index (χ1n) is 7.12. The fourth-order valence-corrected chi connectivity index (χ4v) is 3.40. The van der Waals surface area contributed by atoms with Crippen LogP contribution in [0.5, 0.6) is 0 Å². The molecular weight excluding hydrogens is 238 g/mol. The lowest BCUT2D eigenvalue weighted by atomic mass is 10.1. The first-order valence-corrected chi connectivity index (χ1v) is 8.10. The Bertz CT molecular complexity index is 345. The second-order valence-electron chi connectivity index (χ2n) is 5.04. The predicted molar refractivity (Wildman–Crippen MR) is 80.9 cm³/mol. The van der Waals surface area contributed by atoms with E-state index >= 15 is 0 Å². The van der Waals surface area contributed by atoms with Crippen LogP contribution in [0.25, 0.3) is 0 Å². The van der Waals surface area contributed by atoms with Crippen molar-refractivity contribution in [2.45, 2.75) is 43.5 Å². The average Bonchev–Trinajstić information content (AvgIpc) is 2.41. The minimum Gasteiger partial charge on any atom is -0.299 e. The summed E-state index contributed by atoms with van der Waals surface area (Å²) in [6.07, 6.45) is 6.41. The number of thioether (sulfide) groups is 1. The zero-order chi connectivity index (χ0) is 12.6. The zero-order valence-corrected chi connectivity index (χ0v) is 12.1. The molecule has 1 nitrogen and oxygen atoms in total. The first-order chi connectivity index (χ1) is 8.88. The molecule has 1 heterocycles. The summed E-state index contributed by atoms with van der Waals surface area (Å²) in [5.74, 6) is 1.19. The molecule has 0 bridgehead atoms. The normalized spacial score (nSPS) is 16.9. The highest BCUT2D eigenvalue weighted by Crippen LogP contribution is 2.21. The highest BCUT2D eigenvalue weighted by atomic mass is 32.2. The summed E-state index contributed by atoms with van der Waals surface area (Å²) in [5, 5.41) is 0. The average molecular weight is 262 g/mol. The summed E-state index contributed by atoms with van der Waals surface area (Å²) >= 11 is 1.96. The van der Waals surface area contributed by atoms with Gasteiger partial charge in [-0.15, -0.1) is 11.8 Å². The summed E-state index contributed by atoms with van der Waals surface area (Å²) < 4.78 is 0. The van der Waals surface area contributed by atoms with Crippen molar-refractivity contribution < 1.29 is 0 Å². The Morgan fingerprint density at radius 2 is 2.00 bits per heavy atom. The van der Waals surface area contributed by atoms with Gasteiger partial charge in [-0.05, 0) is 55.8 Å². The molecule has 0 aromatic heterocycles. The van der Waals surface area contributed by atoms with Crippen LogP contribution in [-0.2, 0) is 6.54 Å². The van der Waals surface area contributed by atoms with Crippen molar-refractivity contribution >= 4 is 11.8 Å². The second kappa shape index (κ2) is 7.85. The van der Waals surface area contributed by atoms with Crippen LogP contribution >= 0.6 is 11.8 Å². The minimum atomic E-state index is 1.04. The standard InChI is InChI=1S/C16H24NS/c1-2-3-12-18-16-9-7-8-15(13-16)14-17-10-5-4-6-11-17/h7-9,13H,1-6,10-12,14H2. The maximum absolute atomic E-state index is 3.89. The number of hydrogen-bond acceptors (Lipinski definition) is 2. The van der Waals surface area contributed by atoms with E-state index in [4.69, 9.17) is 0 Å². The maximum Gasteiger partial charge on any atom is 0.0234 e. The Morgan fingerprint density at radius 1 is 1.17 bits per heavy atom. The van der Waals surface area contributed by atoms with E-state index in [2.05, 4.69) is 36.1 Å². The highest BCUT2D eigenvalue weighted by Gasteiger charge is 2.10. The summed E-state index contributed by atoms with van der Waals surface area (Å²) in [6, 6.07) is 9.06. The van der Waals surface area contributed by atoms with Crippen molar-refractivity contribution in [3.05, 3.63) is 36.8 Å². The third-order valence-corrected chi connectivity index (χ3v) is 4.50. The fraction of sp³-hybridized carbons (Fsp3) is 0.562. The van der Waals surface area contributed by atoms with Crippen LogP contribution in [0.4, 0.5) is 0 Å². The molecule has 99 valence electrons. The molecule has 0 aliphatic carbocycles. The molecule has 0 amide bonds. The van der Waals surface area contributed by atoms with Crippen LogP contribution in [0, 0.1) is 6.92 Å². The molecule has 0 N–H and O–H groups in total. The van der Waals surface area contributed by atoms with Gasteiger partial charge in [-0.1, -0.05) is 31.9 Å². The third kappa shape index (κ3) is 4.66. The van der Waals surface area contributed by atoms with Gasteiger partial charge >= 0.3 is 0 Å². The summed E-state index contributed by atoms with van der Waals surface area (Å²) in [7, 11) is 0. The third-order valence-electron chi connectivity index (χ3n) is 3.42. The lowest BCUT2D eigenvalue weighted by Gasteiger charge is -2.26. The van der Waals surface area contributed by atoms with E-state index in [0.717, 1.165) is 13.0 Å². The van der Waals surface area contributed by atoms with Gasteiger partial charge in [0.15, 0.2) is 0 Å². The largest absolute Gasteiger partial charge is 0.299 e. The van der Waals surface area contributed by atoms with E-state index in [1.54, 1.807) is 0 Å². The maximum atomic E-state index is 3.89. The van der Waals surface area contributed by atoms with Crippen LogP contribution in [-0.4, -0.2) is 23.7 Å². The number of benzene rings is 1. The molecule has 18 heavy (non-hydrogen) atoms. The molecule has 2 rings (SSSR count). The molecule has 0 unspecified atom stereocenters. The van der Waals surface area contributed by atoms with Crippen molar-refractivity contribution in [3.63, 3.8) is 0 Å². The Kier molecular flexibility index (Phi) is 6.09. The van der Waals surface area contributed by atoms with Gasteiger partial charge < -0.3 is 0 Å². The van der Waals surface area contributed by atoms with Gasteiger partial charge in [-0.25, -0.2) is 0 Å². The number of nitrogens with zero attached hydrogens (tertiary/aromatic N) is 1. The molecule has 1 aromatic carbocycles. The second-order valence-corrected chi connectivity index (χ2v) is 6.21. The zero-order valence-electron chi connectivity index (χ0n) is 11.2. The topological polar surface area (TPSA) is 3.24 Å². The molecule has 0 spiro atoms. The Balaban J connectivity index is 1.85. The molecule has 2 heteroatoms. The highest BCUT2D eigenvalue weighted by molar-refractivity contribution is 7.99.